The Hall–Kier alpha value is -1.27. The minimum Gasteiger partial charge on any atom is -0.460 e. The van der Waals surface area contributed by atoms with Crippen molar-refractivity contribution >= 4 is 11.9 Å². The average molecular weight is 297 g/mol. The molecule has 0 aromatic heterocycles. The average Bonchev–Trinajstić information content (AvgIpc) is 2.21. The van der Waals surface area contributed by atoms with Crippen LogP contribution in [0, 0.1) is 5.92 Å². The normalized spacial score (nSPS) is 13.8. The Morgan fingerprint density at radius 2 is 1.75 bits per heavy atom. The van der Waals surface area contributed by atoms with Gasteiger partial charge in [-0.15, -0.1) is 0 Å². The third kappa shape index (κ3) is 9.63. The second kappa shape index (κ2) is 7.50. The monoisotopic (exact) mass is 297 g/mol. The van der Waals surface area contributed by atoms with Gasteiger partial charge in [0.1, 0.15) is 12.1 Å². The summed E-state index contributed by atoms with van der Waals surface area (Å²) in [6.07, 6.45) is -3.75. The van der Waals surface area contributed by atoms with Crippen LogP contribution in [0.3, 0.4) is 0 Å². The lowest BCUT2D eigenvalue weighted by atomic mass is 9.98. The highest BCUT2D eigenvalue weighted by Crippen LogP contribution is 2.17. The van der Waals surface area contributed by atoms with E-state index in [9.17, 15) is 22.8 Å². The largest absolute Gasteiger partial charge is 0.460 e. The molecule has 7 heteroatoms. The number of hydrogen-bond acceptors (Lipinski definition) is 3. The minimum absolute atomic E-state index is 0.213. The SMILES string of the molecule is CCC[C@@H](CC(=O)OC(C)(C)C)C(=O)NCC(F)(F)F. The van der Waals surface area contributed by atoms with E-state index in [0.29, 0.717) is 12.8 Å². The van der Waals surface area contributed by atoms with Gasteiger partial charge in [-0.2, -0.15) is 13.2 Å². The maximum absolute atomic E-state index is 12.0. The van der Waals surface area contributed by atoms with Crippen LogP contribution in [0.15, 0.2) is 0 Å². The molecule has 4 nitrogen and oxygen atoms in total. The maximum atomic E-state index is 12.0. The Bertz CT molecular complexity index is 335. The Kier molecular flexibility index (Phi) is 7.02. The molecule has 0 aliphatic heterocycles. The maximum Gasteiger partial charge on any atom is 0.405 e. The van der Waals surface area contributed by atoms with Gasteiger partial charge in [0.15, 0.2) is 0 Å². The minimum atomic E-state index is -4.46. The summed E-state index contributed by atoms with van der Waals surface area (Å²) >= 11 is 0. The van der Waals surface area contributed by atoms with E-state index in [1.54, 1.807) is 33.0 Å². The second-order valence-electron chi connectivity index (χ2n) is 5.61. The van der Waals surface area contributed by atoms with Gasteiger partial charge in [0.25, 0.3) is 0 Å². The van der Waals surface area contributed by atoms with Crippen molar-refractivity contribution in [1.82, 2.24) is 5.32 Å². The number of halogens is 3. The number of esters is 1. The molecular weight excluding hydrogens is 275 g/mol. The first-order valence-electron chi connectivity index (χ1n) is 6.51. The van der Waals surface area contributed by atoms with E-state index in [1.165, 1.54) is 0 Å². The first-order chi connectivity index (χ1) is 8.94. The molecule has 0 fully saturated rings. The van der Waals surface area contributed by atoms with E-state index in [-0.39, 0.29) is 6.42 Å². The van der Waals surface area contributed by atoms with Crippen LogP contribution in [0.1, 0.15) is 47.0 Å². The molecule has 1 atom stereocenters. The quantitative estimate of drug-likeness (QED) is 0.767. The molecule has 0 saturated heterocycles. The molecule has 0 aliphatic rings. The van der Waals surface area contributed by atoms with E-state index in [0.717, 1.165) is 0 Å². The highest BCUT2D eigenvalue weighted by atomic mass is 19.4. The molecule has 1 amide bonds. The van der Waals surface area contributed by atoms with Crippen LogP contribution >= 0.6 is 0 Å². The van der Waals surface area contributed by atoms with Crippen molar-refractivity contribution < 1.29 is 27.5 Å². The predicted molar refractivity (Wildman–Crippen MR) is 67.9 cm³/mol. The molecule has 0 radical (unpaired) electrons. The van der Waals surface area contributed by atoms with E-state index >= 15 is 0 Å². The van der Waals surface area contributed by atoms with Gasteiger partial charge in [0.2, 0.25) is 5.91 Å². The van der Waals surface area contributed by atoms with Crippen LogP contribution in [-0.4, -0.2) is 30.2 Å². The van der Waals surface area contributed by atoms with Gasteiger partial charge in [0, 0.05) is 5.92 Å². The van der Waals surface area contributed by atoms with E-state index < -0.39 is 36.1 Å². The molecule has 0 unspecified atom stereocenters. The van der Waals surface area contributed by atoms with Gasteiger partial charge in [-0.05, 0) is 27.2 Å². The molecule has 0 aliphatic carbocycles. The molecule has 0 bridgehead atoms. The van der Waals surface area contributed by atoms with Crippen LogP contribution in [-0.2, 0) is 14.3 Å². The molecule has 0 spiro atoms. The summed E-state index contributed by atoms with van der Waals surface area (Å²) in [5, 5.41) is 1.80. The number of amides is 1. The van der Waals surface area contributed by atoms with Gasteiger partial charge >= 0.3 is 12.1 Å². The van der Waals surface area contributed by atoms with Gasteiger partial charge in [-0.25, -0.2) is 0 Å². The predicted octanol–water partition coefficient (Wildman–Crippen LogP) is 2.81. The number of rotatable bonds is 6. The Morgan fingerprint density at radius 3 is 2.15 bits per heavy atom. The zero-order valence-electron chi connectivity index (χ0n) is 12.3. The van der Waals surface area contributed by atoms with E-state index in [2.05, 4.69) is 0 Å². The van der Waals surface area contributed by atoms with Crippen LogP contribution < -0.4 is 5.32 Å². The van der Waals surface area contributed by atoms with Crippen molar-refractivity contribution in [2.45, 2.75) is 58.7 Å². The number of alkyl halides is 3. The molecule has 1 N–H and O–H groups in total. The van der Waals surface area contributed by atoms with Crippen molar-refractivity contribution in [3.05, 3.63) is 0 Å². The molecule has 0 saturated carbocycles. The second-order valence-corrected chi connectivity index (χ2v) is 5.61. The van der Waals surface area contributed by atoms with Gasteiger partial charge in [-0.3, -0.25) is 9.59 Å². The fourth-order valence-electron chi connectivity index (χ4n) is 1.59. The summed E-state index contributed by atoms with van der Waals surface area (Å²) in [5.41, 5.74) is -0.684. The fraction of sp³-hybridized carbons (Fsp3) is 0.846. The third-order valence-corrected chi connectivity index (χ3v) is 2.30. The lowest BCUT2D eigenvalue weighted by Crippen LogP contribution is -2.39. The van der Waals surface area contributed by atoms with Crippen molar-refractivity contribution in [2.24, 2.45) is 5.92 Å². The van der Waals surface area contributed by atoms with E-state index in [4.69, 9.17) is 4.74 Å². The Labute approximate surface area is 117 Å². The number of nitrogens with one attached hydrogen (secondary N) is 1. The summed E-state index contributed by atoms with van der Waals surface area (Å²) in [6.45, 7) is 5.45. The highest BCUT2D eigenvalue weighted by molar-refractivity contribution is 5.83. The first-order valence-corrected chi connectivity index (χ1v) is 6.51. The van der Waals surface area contributed by atoms with Gasteiger partial charge in [0.05, 0.1) is 6.42 Å². The van der Waals surface area contributed by atoms with Crippen molar-refractivity contribution in [1.29, 1.82) is 0 Å². The summed E-state index contributed by atoms with van der Waals surface area (Å²) in [5.74, 6) is -2.15. The fourth-order valence-corrected chi connectivity index (χ4v) is 1.59. The summed E-state index contributed by atoms with van der Waals surface area (Å²) < 4.78 is 41.2. The summed E-state index contributed by atoms with van der Waals surface area (Å²) in [4.78, 5) is 23.3. The number of carbonyl (C=O) groups excluding carboxylic acids is 2. The molecule has 0 heterocycles. The van der Waals surface area contributed by atoms with Crippen molar-refractivity contribution in [3.8, 4) is 0 Å². The van der Waals surface area contributed by atoms with Gasteiger partial charge < -0.3 is 10.1 Å². The van der Waals surface area contributed by atoms with Crippen LogP contribution in [0.2, 0.25) is 0 Å². The molecule has 118 valence electrons. The van der Waals surface area contributed by atoms with Crippen LogP contribution in [0.4, 0.5) is 13.2 Å². The zero-order valence-corrected chi connectivity index (χ0v) is 12.3. The molecule has 0 aromatic carbocycles. The molecule has 0 rings (SSSR count). The lowest BCUT2D eigenvalue weighted by molar-refractivity contribution is -0.158. The summed E-state index contributed by atoms with van der Waals surface area (Å²) in [6, 6.07) is 0. The Balaban J connectivity index is 4.48. The van der Waals surface area contributed by atoms with Crippen molar-refractivity contribution in [3.63, 3.8) is 0 Å². The number of ether oxygens (including phenoxy) is 1. The zero-order chi connectivity index (χ0) is 16.0. The smallest absolute Gasteiger partial charge is 0.405 e. The molecular formula is C13H22F3NO3. The standard InChI is InChI=1S/C13H22F3NO3/c1-5-6-9(7-10(18)20-12(2,3)4)11(19)17-8-13(14,15)16/h9H,5-8H2,1-4H3,(H,17,19)/t9-/m0/s1. The van der Waals surface area contributed by atoms with E-state index in [1.807, 2.05) is 0 Å². The topological polar surface area (TPSA) is 55.4 Å². The van der Waals surface area contributed by atoms with Crippen molar-refractivity contribution in [2.75, 3.05) is 6.54 Å². The number of hydrogen-bond donors (Lipinski definition) is 1. The Morgan fingerprint density at radius 1 is 1.20 bits per heavy atom. The third-order valence-electron chi connectivity index (χ3n) is 2.30. The molecule has 0 aromatic rings. The first kappa shape index (κ1) is 18.7. The van der Waals surface area contributed by atoms with Crippen LogP contribution in [0.25, 0.3) is 0 Å². The van der Waals surface area contributed by atoms with Crippen LogP contribution in [0.5, 0.6) is 0 Å². The van der Waals surface area contributed by atoms with Gasteiger partial charge in [-0.1, -0.05) is 13.3 Å². The molecule has 20 heavy (non-hydrogen) atoms. The lowest BCUT2D eigenvalue weighted by Gasteiger charge is -2.22. The summed E-state index contributed by atoms with van der Waals surface area (Å²) in [7, 11) is 0. The highest BCUT2D eigenvalue weighted by Gasteiger charge is 2.30. The number of carbonyl (C=O) groups is 2.